The van der Waals surface area contributed by atoms with E-state index >= 15 is 0 Å². The van der Waals surface area contributed by atoms with Gasteiger partial charge in [0.05, 0.1) is 12.3 Å². The van der Waals surface area contributed by atoms with E-state index in [4.69, 9.17) is 4.74 Å². The Morgan fingerprint density at radius 1 is 1.32 bits per heavy atom. The van der Waals surface area contributed by atoms with Gasteiger partial charge in [0.1, 0.15) is 11.8 Å². The second kappa shape index (κ2) is 4.70. The highest BCUT2D eigenvalue weighted by Crippen LogP contribution is 2.35. The molecule has 2 aromatic rings. The van der Waals surface area contributed by atoms with Gasteiger partial charge in [-0.3, -0.25) is 0 Å². The van der Waals surface area contributed by atoms with E-state index in [1.807, 2.05) is 6.07 Å². The summed E-state index contributed by atoms with van der Waals surface area (Å²) < 4.78 is 5.65. The second-order valence-electron chi connectivity index (χ2n) is 4.68. The van der Waals surface area contributed by atoms with E-state index in [0.29, 0.717) is 12.3 Å². The van der Waals surface area contributed by atoms with E-state index in [0.717, 1.165) is 41.1 Å². The second-order valence-corrected chi connectivity index (χ2v) is 4.68. The maximum atomic E-state index is 9.19. The molecule has 0 saturated heterocycles. The van der Waals surface area contributed by atoms with E-state index in [9.17, 15) is 5.21 Å². The summed E-state index contributed by atoms with van der Waals surface area (Å²) in [6, 6.07) is 6.23. The predicted octanol–water partition coefficient (Wildman–Crippen LogP) is 3.23. The Balaban J connectivity index is 2.33. The number of ether oxygens (including phenoxy) is 1. The molecule has 0 fully saturated rings. The highest BCUT2D eigenvalue weighted by molar-refractivity contribution is 6.14. The van der Waals surface area contributed by atoms with Gasteiger partial charge in [-0.15, -0.1) is 0 Å². The van der Waals surface area contributed by atoms with Crippen molar-refractivity contribution in [1.29, 1.82) is 0 Å². The van der Waals surface area contributed by atoms with Crippen LogP contribution in [0.1, 0.15) is 37.1 Å². The number of para-hydroxylation sites is 1. The molecule has 1 radical (unpaired) electrons. The molecule has 4 heteroatoms. The van der Waals surface area contributed by atoms with Crippen molar-refractivity contribution in [2.45, 2.75) is 26.7 Å². The van der Waals surface area contributed by atoms with Crippen molar-refractivity contribution in [1.82, 2.24) is 4.98 Å². The summed E-state index contributed by atoms with van der Waals surface area (Å²) in [5.74, 6) is 0. The molecule has 2 N–H and O–H groups in total. The van der Waals surface area contributed by atoms with Crippen LogP contribution in [0.3, 0.4) is 0 Å². The number of fused-ring (bicyclic) bond motifs is 3. The molecule has 0 bridgehead atoms. The monoisotopic (exact) mass is 257 g/mol. The summed E-state index contributed by atoms with van der Waals surface area (Å²) in [5, 5.41) is 13.7. The van der Waals surface area contributed by atoms with E-state index in [2.05, 4.69) is 36.1 Å². The van der Waals surface area contributed by atoms with Crippen molar-refractivity contribution in [3.8, 4) is 0 Å². The average molecular weight is 257 g/mol. The molecule has 1 aromatic carbocycles. The van der Waals surface area contributed by atoms with Crippen molar-refractivity contribution in [3.05, 3.63) is 41.1 Å². The Morgan fingerprint density at radius 3 is 2.84 bits per heavy atom. The SMILES string of the molecule is CC[C]1OCC(=NO)c2c1[nH]c1c(CC)cccc21. The molecular formula is C15H17N2O2. The van der Waals surface area contributed by atoms with Gasteiger partial charge in [-0.05, 0) is 18.4 Å². The molecule has 99 valence electrons. The molecule has 0 aliphatic carbocycles. The highest BCUT2D eigenvalue weighted by Gasteiger charge is 2.29. The minimum atomic E-state index is 0.329. The lowest BCUT2D eigenvalue weighted by Crippen LogP contribution is -2.23. The Labute approximate surface area is 112 Å². The first kappa shape index (κ1) is 12.2. The van der Waals surface area contributed by atoms with Gasteiger partial charge in [-0.2, -0.15) is 0 Å². The molecule has 1 aromatic heterocycles. The molecule has 0 spiro atoms. The number of rotatable bonds is 2. The zero-order valence-electron chi connectivity index (χ0n) is 11.2. The minimum absolute atomic E-state index is 0.329. The van der Waals surface area contributed by atoms with E-state index in [1.165, 1.54) is 5.56 Å². The van der Waals surface area contributed by atoms with Crippen LogP contribution < -0.4 is 0 Å². The minimum Gasteiger partial charge on any atom is -0.411 e. The quantitative estimate of drug-likeness (QED) is 0.641. The van der Waals surface area contributed by atoms with Crippen molar-refractivity contribution >= 4 is 16.6 Å². The Morgan fingerprint density at radius 2 is 2.16 bits per heavy atom. The number of benzene rings is 1. The number of aromatic nitrogens is 1. The predicted molar refractivity (Wildman–Crippen MR) is 74.6 cm³/mol. The van der Waals surface area contributed by atoms with Crippen molar-refractivity contribution in [3.63, 3.8) is 0 Å². The summed E-state index contributed by atoms with van der Waals surface area (Å²) in [4.78, 5) is 3.45. The average Bonchev–Trinajstić information content (AvgIpc) is 2.85. The summed E-state index contributed by atoms with van der Waals surface area (Å²) in [6.07, 6.45) is 2.71. The molecule has 2 heterocycles. The van der Waals surface area contributed by atoms with E-state index in [-0.39, 0.29) is 0 Å². The van der Waals surface area contributed by atoms with Crippen LogP contribution in [-0.4, -0.2) is 22.5 Å². The van der Waals surface area contributed by atoms with Gasteiger partial charge in [0.25, 0.3) is 0 Å². The van der Waals surface area contributed by atoms with E-state index < -0.39 is 0 Å². The first-order chi connectivity index (χ1) is 9.30. The lowest BCUT2D eigenvalue weighted by atomic mass is 9.98. The van der Waals surface area contributed by atoms with Crippen LogP contribution >= 0.6 is 0 Å². The van der Waals surface area contributed by atoms with Crippen LogP contribution in [0.2, 0.25) is 0 Å². The van der Waals surface area contributed by atoms with Crippen LogP contribution in [0.15, 0.2) is 23.4 Å². The molecule has 0 atom stereocenters. The van der Waals surface area contributed by atoms with Gasteiger partial charge in [-0.25, -0.2) is 0 Å². The molecule has 1 aliphatic rings. The van der Waals surface area contributed by atoms with Crippen molar-refractivity contribution in [2.24, 2.45) is 5.16 Å². The summed E-state index contributed by atoms with van der Waals surface area (Å²) in [5.41, 5.74) is 4.91. The maximum absolute atomic E-state index is 9.19. The molecule has 0 unspecified atom stereocenters. The van der Waals surface area contributed by atoms with Gasteiger partial charge in [-0.1, -0.05) is 37.2 Å². The Hall–Kier alpha value is -1.81. The third-order valence-corrected chi connectivity index (χ3v) is 3.69. The molecule has 1 aliphatic heterocycles. The van der Waals surface area contributed by atoms with E-state index in [1.54, 1.807) is 0 Å². The zero-order valence-corrected chi connectivity index (χ0v) is 11.2. The lowest BCUT2D eigenvalue weighted by molar-refractivity contribution is 0.181. The van der Waals surface area contributed by atoms with Crippen LogP contribution in [0.4, 0.5) is 0 Å². The standard InChI is InChI=1S/C15H17N2O2/c1-3-9-6-5-7-10-13-11(17-18)8-19-12(4-2)15(13)16-14(9)10/h5-7,16,18H,3-4,8H2,1-2H3. The first-order valence-electron chi connectivity index (χ1n) is 6.64. The number of hydrogen-bond donors (Lipinski definition) is 2. The number of oxime groups is 1. The summed E-state index contributed by atoms with van der Waals surface area (Å²) >= 11 is 0. The highest BCUT2D eigenvalue weighted by atomic mass is 16.5. The van der Waals surface area contributed by atoms with Crippen molar-refractivity contribution in [2.75, 3.05) is 6.61 Å². The van der Waals surface area contributed by atoms with Crippen LogP contribution in [0, 0.1) is 6.10 Å². The van der Waals surface area contributed by atoms with Gasteiger partial charge < -0.3 is 14.9 Å². The van der Waals surface area contributed by atoms with Gasteiger partial charge >= 0.3 is 0 Å². The molecular weight excluding hydrogens is 240 g/mol. The molecule has 3 rings (SSSR count). The van der Waals surface area contributed by atoms with Gasteiger partial charge in [0.15, 0.2) is 0 Å². The fourth-order valence-corrected chi connectivity index (χ4v) is 2.74. The fraction of sp³-hybridized carbons (Fsp3) is 0.333. The molecule has 0 saturated carbocycles. The molecule has 4 nitrogen and oxygen atoms in total. The zero-order chi connectivity index (χ0) is 13.4. The number of nitrogens with one attached hydrogen (secondary N) is 1. The van der Waals surface area contributed by atoms with Crippen molar-refractivity contribution < 1.29 is 9.94 Å². The largest absolute Gasteiger partial charge is 0.411 e. The topological polar surface area (TPSA) is 57.6 Å². The summed E-state index contributed by atoms with van der Waals surface area (Å²) in [7, 11) is 0. The number of nitrogens with zero attached hydrogens (tertiary/aromatic N) is 1. The number of aromatic amines is 1. The number of H-pyrrole nitrogens is 1. The fourth-order valence-electron chi connectivity index (χ4n) is 2.74. The number of hydrogen-bond acceptors (Lipinski definition) is 3. The smallest absolute Gasteiger partial charge is 0.143 e. The third kappa shape index (κ3) is 1.75. The van der Waals surface area contributed by atoms with Crippen LogP contribution in [-0.2, 0) is 11.2 Å². The van der Waals surface area contributed by atoms with Gasteiger partial charge in [0, 0.05) is 16.5 Å². The third-order valence-electron chi connectivity index (χ3n) is 3.69. The Kier molecular flexibility index (Phi) is 3.03. The van der Waals surface area contributed by atoms with Crippen LogP contribution in [0.5, 0.6) is 0 Å². The summed E-state index contributed by atoms with van der Waals surface area (Å²) in [6.45, 7) is 4.53. The normalized spacial score (nSPS) is 18.1. The van der Waals surface area contributed by atoms with Crippen LogP contribution in [0.25, 0.3) is 10.9 Å². The molecule has 0 amide bonds. The molecule has 19 heavy (non-hydrogen) atoms. The number of aryl methyl sites for hydroxylation is 1. The van der Waals surface area contributed by atoms with Gasteiger partial charge in [0.2, 0.25) is 0 Å². The maximum Gasteiger partial charge on any atom is 0.143 e. The first-order valence-corrected chi connectivity index (χ1v) is 6.64. The lowest BCUT2D eigenvalue weighted by Gasteiger charge is -2.21. The Bertz CT molecular complexity index is 643.